The highest BCUT2D eigenvalue weighted by Crippen LogP contribution is 2.38. The van der Waals surface area contributed by atoms with Crippen LogP contribution in [0.1, 0.15) is 42.9 Å². The lowest BCUT2D eigenvalue weighted by atomic mass is 9.98. The van der Waals surface area contributed by atoms with Crippen molar-refractivity contribution < 1.29 is 13.2 Å². The van der Waals surface area contributed by atoms with Gasteiger partial charge in [-0.1, -0.05) is 28.8 Å². The third kappa shape index (κ3) is 3.96. The lowest BCUT2D eigenvalue weighted by Crippen LogP contribution is -2.18. The van der Waals surface area contributed by atoms with Gasteiger partial charge in [0.25, 0.3) is 0 Å². The molecule has 1 unspecified atom stereocenters. The zero-order valence-electron chi connectivity index (χ0n) is 10.7. The van der Waals surface area contributed by atoms with Crippen molar-refractivity contribution in [1.29, 1.82) is 0 Å². The number of hydrogen-bond acceptors (Lipinski definition) is 1. The lowest BCUT2D eigenvalue weighted by molar-refractivity contribution is -0.137. The molecule has 1 aliphatic rings. The summed E-state index contributed by atoms with van der Waals surface area (Å²) in [5.41, 5.74) is 0.107. The third-order valence-electron chi connectivity index (χ3n) is 3.61. The van der Waals surface area contributed by atoms with E-state index in [1.807, 2.05) is 0 Å². The molecule has 0 spiro atoms. The van der Waals surface area contributed by atoms with E-state index in [-0.39, 0.29) is 6.04 Å². The van der Waals surface area contributed by atoms with Gasteiger partial charge in [0, 0.05) is 10.5 Å². The van der Waals surface area contributed by atoms with Gasteiger partial charge in [0.05, 0.1) is 5.56 Å². The predicted molar refractivity (Wildman–Crippen MR) is 72.9 cm³/mol. The SMILES string of the molecule is CNC(CCC1CC1)c1cc(C(F)(F)F)ccc1Br. The van der Waals surface area contributed by atoms with Crippen LogP contribution in [0.4, 0.5) is 13.2 Å². The number of alkyl halides is 3. The minimum absolute atomic E-state index is 0.0303. The van der Waals surface area contributed by atoms with Crippen LogP contribution in [0.5, 0.6) is 0 Å². The maximum Gasteiger partial charge on any atom is 0.416 e. The second-order valence-electron chi connectivity index (χ2n) is 5.10. The van der Waals surface area contributed by atoms with Crippen molar-refractivity contribution in [3.8, 4) is 0 Å². The molecule has 106 valence electrons. The average molecular weight is 336 g/mol. The van der Waals surface area contributed by atoms with Gasteiger partial charge in [-0.2, -0.15) is 13.2 Å². The Morgan fingerprint density at radius 2 is 2.05 bits per heavy atom. The molecule has 1 atom stereocenters. The van der Waals surface area contributed by atoms with E-state index in [2.05, 4.69) is 21.2 Å². The largest absolute Gasteiger partial charge is 0.416 e. The van der Waals surface area contributed by atoms with Crippen molar-refractivity contribution in [2.24, 2.45) is 5.92 Å². The molecular formula is C14H17BrF3N. The van der Waals surface area contributed by atoms with E-state index >= 15 is 0 Å². The molecule has 1 fully saturated rings. The second-order valence-corrected chi connectivity index (χ2v) is 5.95. The number of benzene rings is 1. The highest BCUT2D eigenvalue weighted by Gasteiger charge is 2.32. The summed E-state index contributed by atoms with van der Waals surface area (Å²) in [6, 6.07) is 3.82. The fraction of sp³-hybridized carbons (Fsp3) is 0.571. The maximum absolute atomic E-state index is 12.8. The molecule has 0 saturated heterocycles. The van der Waals surface area contributed by atoms with Crippen molar-refractivity contribution >= 4 is 15.9 Å². The number of halogens is 4. The van der Waals surface area contributed by atoms with E-state index in [1.54, 1.807) is 7.05 Å². The van der Waals surface area contributed by atoms with Gasteiger partial charge in [-0.15, -0.1) is 0 Å². The summed E-state index contributed by atoms with van der Waals surface area (Å²) in [5.74, 6) is 0.778. The van der Waals surface area contributed by atoms with Gasteiger partial charge in [0.2, 0.25) is 0 Å². The molecule has 2 rings (SSSR count). The molecule has 0 aliphatic heterocycles. The Kier molecular flexibility index (Phi) is 4.56. The molecule has 1 aliphatic carbocycles. The monoisotopic (exact) mass is 335 g/mol. The molecule has 0 bridgehead atoms. The van der Waals surface area contributed by atoms with Crippen molar-refractivity contribution in [3.63, 3.8) is 0 Å². The molecule has 0 heterocycles. The van der Waals surface area contributed by atoms with Gasteiger partial charge in [-0.05, 0) is 49.6 Å². The minimum atomic E-state index is -4.29. The lowest BCUT2D eigenvalue weighted by Gasteiger charge is -2.19. The molecule has 1 N–H and O–H groups in total. The van der Waals surface area contributed by atoms with Crippen molar-refractivity contribution in [1.82, 2.24) is 5.32 Å². The molecule has 1 aromatic rings. The van der Waals surface area contributed by atoms with Crippen molar-refractivity contribution in [2.75, 3.05) is 7.05 Å². The fourth-order valence-corrected chi connectivity index (χ4v) is 2.77. The summed E-state index contributed by atoms with van der Waals surface area (Å²) in [7, 11) is 1.80. The van der Waals surface area contributed by atoms with Crippen LogP contribution in [0.15, 0.2) is 22.7 Å². The zero-order valence-corrected chi connectivity index (χ0v) is 12.3. The normalized spacial score (nSPS) is 17.5. The van der Waals surface area contributed by atoms with Gasteiger partial charge >= 0.3 is 6.18 Å². The van der Waals surface area contributed by atoms with Crippen LogP contribution in [0, 0.1) is 5.92 Å². The first kappa shape index (κ1) is 14.9. The first-order chi connectivity index (χ1) is 8.91. The van der Waals surface area contributed by atoms with E-state index < -0.39 is 11.7 Å². The Hall–Kier alpha value is -0.550. The molecule has 1 nitrogen and oxygen atoms in total. The zero-order chi connectivity index (χ0) is 14.0. The second kappa shape index (κ2) is 5.83. The molecule has 19 heavy (non-hydrogen) atoms. The average Bonchev–Trinajstić information content (AvgIpc) is 3.14. The number of hydrogen-bond donors (Lipinski definition) is 1. The molecule has 0 radical (unpaired) electrons. The smallest absolute Gasteiger partial charge is 0.313 e. The Morgan fingerprint density at radius 1 is 1.37 bits per heavy atom. The first-order valence-electron chi connectivity index (χ1n) is 6.45. The predicted octanol–water partition coefficient (Wildman–Crippen LogP) is 4.92. The topological polar surface area (TPSA) is 12.0 Å². The Balaban J connectivity index is 2.19. The molecule has 0 amide bonds. The van der Waals surface area contributed by atoms with Crippen LogP contribution < -0.4 is 5.32 Å². The molecule has 0 aromatic heterocycles. The highest BCUT2D eigenvalue weighted by molar-refractivity contribution is 9.10. The van der Waals surface area contributed by atoms with Crippen LogP contribution >= 0.6 is 15.9 Å². The van der Waals surface area contributed by atoms with E-state index in [9.17, 15) is 13.2 Å². The fourth-order valence-electron chi connectivity index (χ4n) is 2.25. The van der Waals surface area contributed by atoms with Gasteiger partial charge in [0.1, 0.15) is 0 Å². The summed E-state index contributed by atoms with van der Waals surface area (Å²) >= 11 is 3.35. The summed E-state index contributed by atoms with van der Waals surface area (Å²) in [4.78, 5) is 0. The van der Waals surface area contributed by atoms with Gasteiger partial charge in [0.15, 0.2) is 0 Å². The molecule has 5 heteroatoms. The number of nitrogens with one attached hydrogen (secondary N) is 1. The van der Waals surface area contributed by atoms with E-state index in [0.29, 0.717) is 5.56 Å². The summed E-state index contributed by atoms with van der Waals surface area (Å²) in [6.07, 6.45) is 0.194. The van der Waals surface area contributed by atoms with Crippen LogP contribution in [0.2, 0.25) is 0 Å². The van der Waals surface area contributed by atoms with Crippen LogP contribution in [0.3, 0.4) is 0 Å². The summed E-state index contributed by atoms with van der Waals surface area (Å²) in [5, 5.41) is 3.12. The van der Waals surface area contributed by atoms with Crippen LogP contribution in [-0.2, 0) is 6.18 Å². The Morgan fingerprint density at radius 3 is 2.58 bits per heavy atom. The van der Waals surface area contributed by atoms with Crippen molar-refractivity contribution in [3.05, 3.63) is 33.8 Å². The van der Waals surface area contributed by atoms with Gasteiger partial charge in [-0.3, -0.25) is 0 Å². The first-order valence-corrected chi connectivity index (χ1v) is 7.25. The van der Waals surface area contributed by atoms with Gasteiger partial charge in [-0.25, -0.2) is 0 Å². The Labute approximate surface area is 119 Å². The summed E-state index contributed by atoms with van der Waals surface area (Å²) < 4.78 is 39.0. The summed E-state index contributed by atoms with van der Waals surface area (Å²) in [6.45, 7) is 0. The Bertz CT molecular complexity index is 441. The minimum Gasteiger partial charge on any atom is -0.313 e. The van der Waals surface area contributed by atoms with E-state index in [1.165, 1.54) is 25.0 Å². The standard InChI is InChI=1S/C14H17BrF3N/c1-19-13(7-4-9-2-3-9)11-8-10(14(16,17)18)5-6-12(11)15/h5-6,8-9,13,19H,2-4,7H2,1H3. The highest BCUT2D eigenvalue weighted by atomic mass is 79.9. The van der Waals surface area contributed by atoms with Gasteiger partial charge < -0.3 is 5.32 Å². The van der Waals surface area contributed by atoms with Crippen molar-refractivity contribution in [2.45, 2.75) is 37.9 Å². The molecule has 1 aromatic carbocycles. The quantitative estimate of drug-likeness (QED) is 0.805. The molecule has 1 saturated carbocycles. The van der Waals surface area contributed by atoms with Crippen LogP contribution in [-0.4, -0.2) is 7.05 Å². The van der Waals surface area contributed by atoms with E-state index in [4.69, 9.17) is 0 Å². The molecular weight excluding hydrogens is 319 g/mol. The third-order valence-corrected chi connectivity index (χ3v) is 4.33. The maximum atomic E-state index is 12.8. The van der Waals surface area contributed by atoms with E-state index in [0.717, 1.165) is 29.3 Å². The number of rotatable bonds is 5. The van der Waals surface area contributed by atoms with Crippen LogP contribution in [0.25, 0.3) is 0 Å².